The normalized spacial score (nSPS) is 17.0. The van der Waals surface area contributed by atoms with Gasteiger partial charge in [0.05, 0.1) is 12.5 Å². The van der Waals surface area contributed by atoms with Crippen molar-refractivity contribution in [2.24, 2.45) is 17.6 Å². The lowest BCUT2D eigenvalue weighted by Crippen LogP contribution is -2.29. The number of aliphatic hydroxyl groups excluding tert-OH is 2. The van der Waals surface area contributed by atoms with Gasteiger partial charge in [0.25, 0.3) is 0 Å². The fourth-order valence-corrected chi connectivity index (χ4v) is 2.60. The van der Waals surface area contributed by atoms with Gasteiger partial charge in [-0.05, 0) is 24.5 Å². The van der Waals surface area contributed by atoms with E-state index in [1.807, 2.05) is 6.92 Å². The van der Waals surface area contributed by atoms with Gasteiger partial charge in [0.15, 0.2) is 0 Å². The lowest BCUT2D eigenvalue weighted by atomic mass is 10.0. The molecule has 126 valence electrons. The maximum atomic E-state index is 11.5. The molecule has 21 heavy (non-hydrogen) atoms. The first-order valence-corrected chi connectivity index (χ1v) is 8.87. The minimum absolute atomic E-state index is 0.00778. The van der Waals surface area contributed by atoms with Crippen LogP contribution in [0, 0.1) is 11.8 Å². The molecule has 0 aliphatic heterocycles. The van der Waals surface area contributed by atoms with Crippen molar-refractivity contribution < 1.29 is 19.7 Å². The highest BCUT2D eigenvalue weighted by Gasteiger charge is 2.12. The highest BCUT2D eigenvalue weighted by Crippen LogP contribution is 2.13. The van der Waals surface area contributed by atoms with E-state index in [0.717, 1.165) is 12.8 Å². The van der Waals surface area contributed by atoms with Gasteiger partial charge in [-0.3, -0.25) is 4.79 Å². The maximum absolute atomic E-state index is 11.5. The van der Waals surface area contributed by atoms with Crippen LogP contribution in [0.4, 0.5) is 0 Å². The molecule has 0 aromatic heterocycles. The zero-order chi connectivity index (χ0) is 16.3. The molecule has 4 N–H and O–H groups in total. The Morgan fingerprint density at radius 3 is 2.52 bits per heavy atom. The van der Waals surface area contributed by atoms with Crippen LogP contribution in [0.15, 0.2) is 0 Å². The van der Waals surface area contributed by atoms with E-state index in [4.69, 9.17) is 15.6 Å². The minimum Gasteiger partial charge on any atom is -0.463 e. The first-order chi connectivity index (χ1) is 9.86. The zero-order valence-corrected chi connectivity index (χ0v) is 14.3. The van der Waals surface area contributed by atoms with E-state index >= 15 is 0 Å². The Kier molecular flexibility index (Phi) is 12.1. The molecule has 0 aliphatic rings. The van der Waals surface area contributed by atoms with E-state index in [0.29, 0.717) is 30.3 Å². The first-order valence-electron chi connectivity index (χ1n) is 7.71. The van der Waals surface area contributed by atoms with Crippen LogP contribution >= 0.6 is 11.8 Å². The summed E-state index contributed by atoms with van der Waals surface area (Å²) in [4.78, 5) is 11.5. The van der Waals surface area contributed by atoms with Crippen LogP contribution in [-0.2, 0) is 9.53 Å². The molecule has 4 unspecified atom stereocenters. The SMILES string of the molecule is CCC(C)CCC(O)COC(=O)CCSCC(C)C(N)O. The summed E-state index contributed by atoms with van der Waals surface area (Å²) >= 11 is 1.57. The molecule has 0 bridgehead atoms. The van der Waals surface area contributed by atoms with E-state index in [1.54, 1.807) is 11.8 Å². The van der Waals surface area contributed by atoms with Crippen molar-refractivity contribution >= 4 is 17.7 Å². The molecule has 0 spiro atoms. The van der Waals surface area contributed by atoms with Gasteiger partial charge in [-0.2, -0.15) is 11.8 Å². The standard InChI is InChI=1S/C15H31NO4S/c1-4-11(2)5-6-13(17)9-20-14(18)7-8-21-10-12(3)15(16)19/h11-13,15,17,19H,4-10,16H2,1-3H3. The predicted molar refractivity (Wildman–Crippen MR) is 87.0 cm³/mol. The number of hydrogen-bond acceptors (Lipinski definition) is 6. The van der Waals surface area contributed by atoms with E-state index in [-0.39, 0.29) is 18.5 Å². The number of aliphatic hydroxyl groups is 2. The molecule has 0 rings (SSSR count). The fraction of sp³-hybridized carbons (Fsp3) is 0.933. The third-order valence-electron chi connectivity index (χ3n) is 3.54. The highest BCUT2D eigenvalue weighted by atomic mass is 32.2. The molecule has 6 heteroatoms. The average Bonchev–Trinajstić information content (AvgIpc) is 2.46. The average molecular weight is 321 g/mol. The summed E-state index contributed by atoms with van der Waals surface area (Å²) in [6, 6.07) is 0. The Hall–Kier alpha value is -0.300. The second-order valence-electron chi connectivity index (χ2n) is 5.72. The number of thioether (sulfide) groups is 1. The van der Waals surface area contributed by atoms with Gasteiger partial charge in [-0.15, -0.1) is 0 Å². The van der Waals surface area contributed by atoms with E-state index < -0.39 is 12.3 Å². The van der Waals surface area contributed by atoms with Crippen LogP contribution in [0.5, 0.6) is 0 Å². The molecule has 0 amide bonds. The molecular formula is C15H31NO4S. The molecule has 4 atom stereocenters. The summed E-state index contributed by atoms with van der Waals surface area (Å²) in [7, 11) is 0. The van der Waals surface area contributed by atoms with Crippen molar-refractivity contribution in [1.29, 1.82) is 0 Å². The number of carbonyl (C=O) groups excluding carboxylic acids is 1. The molecule has 0 aliphatic carbocycles. The van der Waals surface area contributed by atoms with Crippen molar-refractivity contribution in [3.8, 4) is 0 Å². The predicted octanol–water partition coefficient (Wildman–Crippen LogP) is 1.75. The van der Waals surface area contributed by atoms with E-state index in [2.05, 4.69) is 13.8 Å². The number of nitrogens with two attached hydrogens (primary N) is 1. The fourth-order valence-electron chi connectivity index (χ4n) is 1.55. The van der Waals surface area contributed by atoms with Crippen molar-refractivity contribution in [3.63, 3.8) is 0 Å². The molecule has 0 radical (unpaired) electrons. The van der Waals surface area contributed by atoms with Crippen molar-refractivity contribution in [2.75, 3.05) is 18.1 Å². The quantitative estimate of drug-likeness (QED) is 0.288. The van der Waals surface area contributed by atoms with Crippen LogP contribution in [0.2, 0.25) is 0 Å². The molecule has 0 saturated carbocycles. The van der Waals surface area contributed by atoms with Crippen molar-refractivity contribution in [3.05, 3.63) is 0 Å². The third kappa shape index (κ3) is 12.0. The zero-order valence-electron chi connectivity index (χ0n) is 13.5. The molecule has 0 aromatic rings. The lowest BCUT2D eigenvalue weighted by molar-refractivity contribution is -0.146. The smallest absolute Gasteiger partial charge is 0.306 e. The van der Waals surface area contributed by atoms with Gasteiger partial charge in [-0.1, -0.05) is 27.2 Å². The van der Waals surface area contributed by atoms with Crippen molar-refractivity contribution in [1.82, 2.24) is 0 Å². The number of hydrogen-bond donors (Lipinski definition) is 3. The number of esters is 1. The first kappa shape index (κ1) is 20.7. The third-order valence-corrected chi connectivity index (χ3v) is 4.79. The van der Waals surface area contributed by atoms with E-state index in [9.17, 15) is 9.90 Å². The molecule has 0 saturated heterocycles. The Balaban J connectivity index is 3.57. The molecule has 0 heterocycles. The maximum Gasteiger partial charge on any atom is 0.306 e. The summed E-state index contributed by atoms with van der Waals surface area (Å²) in [5.41, 5.74) is 5.34. The Bertz CT molecular complexity index is 276. The van der Waals surface area contributed by atoms with Gasteiger partial charge < -0.3 is 20.7 Å². The minimum atomic E-state index is -0.815. The number of rotatable bonds is 12. The summed E-state index contributed by atoms with van der Waals surface area (Å²) in [6.45, 7) is 6.22. The molecular weight excluding hydrogens is 290 g/mol. The Labute approximate surface area is 132 Å². The molecule has 0 aromatic carbocycles. The second-order valence-corrected chi connectivity index (χ2v) is 6.87. The van der Waals surface area contributed by atoms with Crippen molar-refractivity contribution in [2.45, 2.75) is 58.8 Å². The monoisotopic (exact) mass is 321 g/mol. The van der Waals surface area contributed by atoms with Gasteiger partial charge in [-0.25, -0.2) is 0 Å². The van der Waals surface area contributed by atoms with Crippen LogP contribution in [0.3, 0.4) is 0 Å². The topological polar surface area (TPSA) is 92.8 Å². The summed E-state index contributed by atoms with van der Waals surface area (Å²) in [5.74, 6) is 1.66. The largest absolute Gasteiger partial charge is 0.463 e. The van der Waals surface area contributed by atoms with Gasteiger partial charge in [0, 0.05) is 11.7 Å². The van der Waals surface area contributed by atoms with Gasteiger partial charge in [0.2, 0.25) is 0 Å². The van der Waals surface area contributed by atoms with Gasteiger partial charge >= 0.3 is 5.97 Å². The van der Waals surface area contributed by atoms with E-state index in [1.165, 1.54) is 0 Å². The highest BCUT2D eigenvalue weighted by molar-refractivity contribution is 7.99. The van der Waals surface area contributed by atoms with Crippen LogP contribution in [0.25, 0.3) is 0 Å². The number of ether oxygens (including phenoxy) is 1. The lowest BCUT2D eigenvalue weighted by Gasteiger charge is -2.14. The summed E-state index contributed by atoms with van der Waals surface area (Å²) < 4.78 is 5.05. The molecule has 0 fully saturated rings. The Morgan fingerprint density at radius 2 is 1.95 bits per heavy atom. The van der Waals surface area contributed by atoms with Crippen LogP contribution in [-0.4, -0.2) is 46.6 Å². The molecule has 5 nitrogen and oxygen atoms in total. The Morgan fingerprint density at radius 1 is 1.29 bits per heavy atom. The number of carbonyl (C=O) groups is 1. The summed E-state index contributed by atoms with van der Waals surface area (Å²) in [6.07, 6.45) is 1.65. The van der Waals surface area contributed by atoms with Gasteiger partial charge in [0.1, 0.15) is 12.8 Å². The van der Waals surface area contributed by atoms with Crippen LogP contribution < -0.4 is 5.73 Å². The summed E-state index contributed by atoms with van der Waals surface area (Å²) in [5, 5.41) is 18.9. The van der Waals surface area contributed by atoms with Crippen LogP contribution in [0.1, 0.15) is 46.5 Å². The second kappa shape index (κ2) is 12.3.